The number of hydrogen-bond donors (Lipinski definition) is 2. The van der Waals surface area contributed by atoms with Crippen molar-refractivity contribution in [3.05, 3.63) is 63.6 Å². The summed E-state index contributed by atoms with van der Waals surface area (Å²) in [6.45, 7) is 5.21. The van der Waals surface area contributed by atoms with Gasteiger partial charge in [0, 0.05) is 27.3 Å². The van der Waals surface area contributed by atoms with Crippen LogP contribution in [0.3, 0.4) is 0 Å². The van der Waals surface area contributed by atoms with Gasteiger partial charge in [-0.3, -0.25) is 14.9 Å². The van der Waals surface area contributed by atoms with Crippen LogP contribution < -0.4 is 10.6 Å². The van der Waals surface area contributed by atoms with Gasteiger partial charge in [-0.15, -0.1) is 0 Å². The van der Waals surface area contributed by atoms with E-state index in [1.807, 2.05) is 13.0 Å². The van der Waals surface area contributed by atoms with E-state index in [1.54, 1.807) is 43.3 Å². The second-order valence-electron chi connectivity index (χ2n) is 5.90. The molecular weight excluding hydrogens is 359 g/mol. The van der Waals surface area contributed by atoms with E-state index in [1.165, 1.54) is 6.92 Å². The number of ketones is 1. The van der Waals surface area contributed by atoms with Crippen LogP contribution in [0.4, 0.5) is 5.69 Å². The van der Waals surface area contributed by atoms with Crippen LogP contribution in [0.15, 0.2) is 42.5 Å². The van der Waals surface area contributed by atoms with Gasteiger partial charge in [-0.1, -0.05) is 29.3 Å². The second-order valence-corrected chi connectivity index (χ2v) is 6.74. The summed E-state index contributed by atoms with van der Waals surface area (Å²) in [6.07, 6.45) is 0. The van der Waals surface area contributed by atoms with Crippen LogP contribution in [0, 0.1) is 0 Å². The third-order valence-corrected chi connectivity index (χ3v) is 4.44. The Bertz CT molecular complexity index is 775. The van der Waals surface area contributed by atoms with E-state index < -0.39 is 6.04 Å². The molecular formula is C19H20Cl2N2O2. The lowest BCUT2D eigenvalue weighted by atomic mass is 10.1. The quantitative estimate of drug-likeness (QED) is 0.704. The van der Waals surface area contributed by atoms with Gasteiger partial charge in [0.25, 0.3) is 0 Å². The highest BCUT2D eigenvalue weighted by molar-refractivity contribution is 6.35. The van der Waals surface area contributed by atoms with Crippen molar-refractivity contribution in [2.75, 3.05) is 5.32 Å². The predicted octanol–water partition coefficient (Wildman–Crippen LogP) is 4.87. The number of Topliss-reactive ketones (excluding diaryl/α,β-unsaturated/α-hetero) is 1. The summed E-state index contributed by atoms with van der Waals surface area (Å²) >= 11 is 12.1. The molecule has 2 aromatic rings. The Balaban J connectivity index is 1.98. The largest absolute Gasteiger partial charge is 0.325 e. The average molecular weight is 379 g/mol. The van der Waals surface area contributed by atoms with Gasteiger partial charge in [0.15, 0.2) is 5.78 Å². The molecule has 0 saturated heterocycles. The van der Waals surface area contributed by atoms with Gasteiger partial charge in [-0.05, 0) is 62.7 Å². The Morgan fingerprint density at radius 3 is 2.20 bits per heavy atom. The van der Waals surface area contributed by atoms with Crippen molar-refractivity contribution in [2.45, 2.75) is 32.9 Å². The first-order valence-electron chi connectivity index (χ1n) is 7.91. The first-order chi connectivity index (χ1) is 11.8. The van der Waals surface area contributed by atoms with Crippen LogP contribution in [0.25, 0.3) is 0 Å². The fraction of sp³-hybridized carbons (Fsp3) is 0.263. The second kappa shape index (κ2) is 8.48. The lowest BCUT2D eigenvalue weighted by Crippen LogP contribution is -2.39. The Morgan fingerprint density at radius 2 is 1.64 bits per heavy atom. The zero-order valence-electron chi connectivity index (χ0n) is 14.3. The molecule has 0 heterocycles. The fourth-order valence-corrected chi connectivity index (χ4v) is 3.00. The SMILES string of the molecule is CC(=O)c1ccc(NC(=O)[C@@H](C)N[C@@H](C)c2ccc(Cl)cc2Cl)cc1. The molecule has 2 atom stereocenters. The molecule has 0 aliphatic carbocycles. The van der Waals surface area contributed by atoms with E-state index in [2.05, 4.69) is 10.6 Å². The fourth-order valence-electron chi connectivity index (χ4n) is 2.43. The maximum atomic E-state index is 12.3. The maximum Gasteiger partial charge on any atom is 0.241 e. The molecule has 132 valence electrons. The minimum atomic E-state index is -0.436. The molecule has 2 N–H and O–H groups in total. The van der Waals surface area contributed by atoms with E-state index in [-0.39, 0.29) is 17.7 Å². The summed E-state index contributed by atoms with van der Waals surface area (Å²) in [5.74, 6) is -0.186. The molecule has 0 aliphatic heterocycles. The molecule has 0 unspecified atom stereocenters. The normalized spacial score (nSPS) is 13.2. The Kier molecular flexibility index (Phi) is 6.59. The highest BCUT2D eigenvalue weighted by Gasteiger charge is 2.18. The van der Waals surface area contributed by atoms with Crippen molar-refractivity contribution in [2.24, 2.45) is 0 Å². The molecule has 1 amide bonds. The molecule has 6 heteroatoms. The number of amides is 1. The number of halogens is 2. The maximum absolute atomic E-state index is 12.3. The van der Waals surface area contributed by atoms with Gasteiger partial charge in [0.05, 0.1) is 6.04 Å². The minimum absolute atomic E-state index is 0.0124. The van der Waals surface area contributed by atoms with Gasteiger partial charge in [0.1, 0.15) is 0 Å². The summed E-state index contributed by atoms with van der Waals surface area (Å²) in [5, 5.41) is 7.16. The van der Waals surface area contributed by atoms with Crippen molar-refractivity contribution in [3.63, 3.8) is 0 Å². The molecule has 0 aromatic heterocycles. The summed E-state index contributed by atoms with van der Waals surface area (Å²) in [7, 11) is 0. The van der Waals surface area contributed by atoms with Crippen LogP contribution in [-0.2, 0) is 4.79 Å². The Labute approximate surface area is 157 Å². The van der Waals surface area contributed by atoms with Crippen molar-refractivity contribution in [3.8, 4) is 0 Å². The van der Waals surface area contributed by atoms with Crippen LogP contribution >= 0.6 is 23.2 Å². The monoisotopic (exact) mass is 378 g/mol. The summed E-state index contributed by atoms with van der Waals surface area (Å²) in [6, 6.07) is 11.5. The molecule has 2 aromatic carbocycles. The first kappa shape index (κ1) is 19.4. The standard InChI is InChI=1S/C19H20Cl2N2O2/c1-11(17-9-6-15(20)10-18(17)21)22-12(2)19(25)23-16-7-4-14(5-8-16)13(3)24/h4-12,22H,1-3H3,(H,23,25)/t11-,12+/m0/s1. The third kappa shape index (κ3) is 5.30. The molecule has 25 heavy (non-hydrogen) atoms. The van der Waals surface area contributed by atoms with E-state index in [9.17, 15) is 9.59 Å². The van der Waals surface area contributed by atoms with E-state index in [0.29, 0.717) is 21.3 Å². The molecule has 0 saturated carbocycles. The van der Waals surface area contributed by atoms with E-state index >= 15 is 0 Å². The molecule has 0 fully saturated rings. The lowest BCUT2D eigenvalue weighted by molar-refractivity contribution is -0.117. The summed E-state index contributed by atoms with van der Waals surface area (Å²) in [4.78, 5) is 23.6. The number of hydrogen-bond acceptors (Lipinski definition) is 3. The number of nitrogens with one attached hydrogen (secondary N) is 2. The molecule has 0 spiro atoms. The number of rotatable bonds is 6. The van der Waals surface area contributed by atoms with Gasteiger partial charge in [-0.25, -0.2) is 0 Å². The zero-order chi connectivity index (χ0) is 18.6. The van der Waals surface area contributed by atoms with E-state index in [0.717, 1.165) is 5.56 Å². The number of anilines is 1. The van der Waals surface area contributed by atoms with Crippen molar-refractivity contribution in [1.29, 1.82) is 0 Å². The molecule has 0 bridgehead atoms. The van der Waals surface area contributed by atoms with Crippen LogP contribution in [0.2, 0.25) is 10.0 Å². The lowest BCUT2D eigenvalue weighted by Gasteiger charge is -2.21. The molecule has 0 radical (unpaired) electrons. The zero-order valence-corrected chi connectivity index (χ0v) is 15.8. The Hall–Kier alpha value is -1.88. The van der Waals surface area contributed by atoms with Gasteiger partial charge in [-0.2, -0.15) is 0 Å². The van der Waals surface area contributed by atoms with Gasteiger partial charge >= 0.3 is 0 Å². The average Bonchev–Trinajstić information content (AvgIpc) is 2.55. The molecule has 2 rings (SSSR count). The third-order valence-electron chi connectivity index (χ3n) is 3.88. The van der Waals surface area contributed by atoms with Crippen molar-refractivity contribution in [1.82, 2.24) is 5.32 Å². The van der Waals surface area contributed by atoms with Crippen LogP contribution in [-0.4, -0.2) is 17.7 Å². The highest BCUT2D eigenvalue weighted by Crippen LogP contribution is 2.26. The smallest absolute Gasteiger partial charge is 0.241 e. The van der Waals surface area contributed by atoms with Gasteiger partial charge in [0.2, 0.25) is 5.91 Å². The molecule has 4 nitrogen and oxygen atoms in total. The van der Waals surface area contributed by atoms with Gasteiger partial charge < -0.3 is 5.32 Å². The summed E-state index contributed by atoms with van der Waals surface area (Å²) < 4.78 is 0. The highest BCUT2D eigenvalue weighted by atomic mass is 35.5. The first-order valence-corrected chi connectivity index (χ1v) is 8.66. The van der Waals surface area contributed by atoms with E-state index in [4.69, 9.17) is 23.2 Å². The summed E-state index contributed by atoms with van der Waals surface area (Å²) in [5.41, 5.74) is 2.12. The number of benzene rings is 2. The Morgan fingerprint density at radius 1 is 1.00 bits per heavy atom. The topological polar surface area (TPSA) is 58.2 Å². The van der Waals surface area contributed by atoms with Crippen molar-refractivity contribution >= 4 is 40.6 Å². The number of carbonyl (C=O) groups is 2. The van der Waals surface area contributed by atoms with Crippen LogP contribution in [0.5, 0.6) is 0 Å². The number of carbonyl (C=O) groups excluding carboxylic acids is 2. The predicted molar refractivity (Wildman–Crippen MR) is 103 cm³/mol. The molecule has 0 aliphatic rings. The minimum Gasteiger partial charge on any atom is -0.325 e. The van der Waals surface area contributed by atoms with Crippen LogP contribution in [0.1, 0.15) is 42.7 Å². The van der Waals surface area contributed by atoms with Crippen molar-refractivity contribution < 1.29 is 9.59 Å².